The Balaban J connectivity index is 2.74. The summed E-state index contributed by atoms with van der Waals surface area (Å²) < 4.78 is 0.891. The largest absolute Gasteiger partial charge is 0.480 e. The maximum atomic E-state index is 10.5. The molecule has 0 aliphatic carbocycles. The van der Waals surface area contributed by atoms with Crippen molar-refractivity contribution in [2.75, 3.05) is 0 Å². The molecule has 0 spiro atoms. The molecule has 0 aromatic heterocycles. The van der Waals surface area contributed by atoms with Gasteiger partial charge in [0.25, 0.3) is 0 Å². The van der Waals surface area contributed by atoms with Gasteiger partial charge in [0.15, 0.2) is 0 Å². The highest BCUT2D eigenvalue weighted by atomic mass is 79.9. The van der Waals surface area contributed by atoms with Gasteiger partial charge in [0.1, 0.15) is 5.38 Å². The predicted octanol–water partition coefficient (Wildman–Crippen LogP) is 2.68. The molecule has 0 heterocycles. The number of alkyl halides is 1. The zero-order valence-corrected chi connectivity index (χ0v) is 9.05. The van der Waals surface area contributed by atoms with Crippen LogP contribution < -0.4 is 0 Å². The molecule has 1 atom stereocenters. The maximum Gasteiger partial charge on any atom is 0.321 e. The molecular formula is C9H8BrClO2. The van der Waals surface area contributed by atoms with Gasteiger partial charge in [0.2, 0.25) is 0 Å². The number of hydrogen-bond donors (Lipinski definition) is 1. The summed E-state index contributed by atoms with van der Waals surface area (Å²) in [5.41, 5.74) is 0.907. The molecule has 1 aromatic carbocycles. The van der Waals surface area contributed by atoms with Crippen molar-refractivity contribution in [1.29, 1.82) is 0 Å². The van der Waals surface area contributed by atoms with E-state index in [9.17, 15) is 4.79 Å². The lowest BCUT2D eigenvalue weighted by Crippen LogP contribution is -2.16. The Morgan fingerprint density at radius 3 is 2.69 bits per heavy atom. The number of carbonyl (C=O) groups is 1. The number of rotatable bonds is 3. The molecule has 0 saturated heterocycles. The van der Waals surface area contributed by atoms with Gasteiger partial charge in [-0.05, 0) is 11.6 Å². The van der Waals surface area contributed by atoms with Gasteiger partial charge in [-0.25, -0.2) is 0 Å². The Morgan fingerprint density at radius 2 is 2.15 bits per heavy atom. The SMILES string of the molecule is O=C(O)C(Cl)Cc1ccccc1Br. The van der Waals surface area contributed by atoms with Gasteiger partial charge in [-0.15, -0.1) is 11.6 Å². The van der Waals surface area contributed by atoms with Crippen LogP contribution in [0.5, 0.6) is 0 Å². The Bertz CT molecular complexity index is 314. The van der Waals surface area contributed by atoms with Crippen molar-refractivity contribution in [3.8, 4) is 0 Å². The minimum absolute atomic E-state index is 0.332. The second-order valence-corrected chi connectivity index (χ2v) is 3.98. The van der Waals surface area contributed by atoms with E-state index >= 15 is 0 Å². The third-order valence-corrected chi connectivity index (χ3v) is 2.74. The van der Waals surface area contributed by atoms with Gasteiger partial charge in [0.05, 0.1) is 0 Å². The van der Waals surface area contributed by atoms with Crippen LogP contribution in [0.25, 0.3) is 0 Å². The third-order valence-electron chi connectivity index (χ3n) is 1.62. The topological polar surface area (TPSA) is 37.3 Å². The van der Waals surface area contributed by atoms with E-state index in [1.165, 1.54) is 0 Å². The minimum atomic E-state index is -0.989. The molecule has 0 aliphatic rings. The lowest BCUT2D eigenvalue weighted by molar-refractivity contribution is -0.136. The van der Waals surface area contributed by atoms with Crippen molar-refractivity contribution in [3.63, 3.8) is 0 Å². The fourth-order valence-electron chi connectivity index (χ4n) is 0.944. The average molecular weight is 264 g/mol. The molecule has 1 rings (SSSR count). The zero-order valence-electron chi connectivity index (χ0n) is 6.71. The monoisotopic (exact) mass is 262 g/mol. The summed E-state index contributed by atoms with van der Waals surface area (Å²) in [6, 6.07) is 7.44. The van der Waals surface area contributed by atoms with Gasteiger partial charge in [-0.2, -0.15) is 0 Å². The van der Waals surface area contributed by atoms with Crippen LogP contribution >= 0.6 is 27.5 Å². The molecule has 0 saturated carbocycles. The number of benzene rings is 1. The normalized spacial score (nSPS) is 12.5. The zero-order chi connectivity index (χ0) is 9.84. The van der Waals surface area contributed by atoms with E-state index in [1.807, 2.05) is 24.3 Å². The quantitative estimate of drug-likeness (QED) is 0.851. The number of aliphatic carboxylic acids is 1. The summed E-state index contributed by atoms with van der Waals surface area (Å²) in [7, 11) is 0. The minimum Gasteiger partial charge on any atom is -0.480 e. The van der Waals surface area contributed by atoms with E-state index in [4.69, 9.17) is 16.7 Å². The van der Waals surface area contributed by atoms with Crippen LogP contribution in [0.4, 0.5) is 0 Å². The van der Waals surface area contributed by atoms with E-state index in [-0.39, 0.29) is 0 Å². The molecular weight excluding hydrogens is 255 g/mol. The van der Waals surface area contributed by atoms with Crippen LogP contribution in [0.3, 0.4) is 0 Å². The summed E-state index contributed by atoms with van der Waals surface area (Å²) >= 11 is 8.92. The first kappa shape index (κ1) is 10.5. The Kier molecular flexibility index (Phi) is 3.75. The molecule has 2 nitrogen and oxygen atoms in total. The van der Waals surface area contributed by atoms with Crippen LogP contribution in [0, 0.1) is 0 Å². The van der Waals surface area contributed by atoms with Crippen LogP contribution in [0.2, 0.25) is 0 Å². The van der Waals surface area contributed by atoms with Gasteiger partial charge in [-0.1, -0.05) is 34.1 Å². The Hall–Kier alpha value is -0.540. The van der Waals surface area contributed by atoms with Crippen molar-refractivity contribution in [1.82, 2.24) is 0 Å². The highest BCUT2D eigenvalue weighted by molar-refractivity contribution is 9.10. The summed E-state index contributed by atoms with van der Waals surface area (Å²) in [5, 5.41) is 7.72. The predicted molar refractivity (Wildman–Crippen MR) is 55.1 cm³/mol. The van der Waals surface area contributed by atoms with Crippen LogP contribution in [-0.2, 0) is 11.2 Å². The van der Waals surface area contributed by atoms with Gasteiger partial charge < -0.3 is 5.11 Å². The van der Waals surface area contributed by atoms with Crippen molar-refractivity contribution >= 4 is 33.5 Å². The van der Waals surface area contributed by atoms with E-state index in [2.05, 4.69) is 15.9 Å². The molecule has 4 heteroatoms. The van der Waals surface area contributed by atoms with E-state index in [0.29, 0.717) is 6.42 Å². The molecule has 1 aromatic rings. The fraction of sp³-hybridized carbons (Fsp3) is 0.222. The number of hydrogen-bond acceptors (Lipinski definition) is 1. The number of halogens is 2. The maximum absolute atomic E-state index is 10.5. The van der Waals surface area contributed by atoms with Crippen molar-refractivity contribution in [3.05, 3.63) is 34.3 Å². The number of carboxylic acid groups (broad SMARTS) is 1. The standard InChI is InChI=1S/C9H8BrClO2/c10-7-4-2-1-3-6(7)5-8(11)9(12)13/h1-4,8H,5H2,(H,12,13). The van der Waals surface area contributed by atoms with E-state index < -0.39 is 11.3 Å². The smallest absolute Gasteiger partial charge is 0.321 e. The first-order valence-corrected chi connectivity index (χ1v) is 4.94. The third kappa shape index (κ3) is 3.01. The highest BCUT2D eigenvalue weighted by Crippen LogP contribution is 2.19. The van der Waals surface area contributed by atoms with E-state index in [1.54, 1.807) is 0 Å². The fourth-order valence-corrected chi connectivity index (χ4v) is 1.56. The average Bonchev–Trinajstić information content (AvgIpc) is 2.08. The van der Waals surface area contributed by atoms with Crippen molar-refractivity contribution in [2.45, 2.75) is 11.8 Å². The molecule has 0 radical (unpaired) electrons. The summed E-state index contributed by atoms with van der Waals surface area (Å²) in [6.07, 6.45) is 0.332. The molecule has 0 bridgehead atoms. The molecule has 1 unspecified atom stereocenters. The Morgan fingerprint density at radius 1 is 1.54 bits per heavy atom. The van der Waals surface area contributed by atoms with Crippen LogP contribution in [-0.4, -0.2) is 16.5 Å². The molecule has 70 valence electrons. The molecule has 0 fully saturated rings. The summed E-state index contributed by atoms with van der Waals surface area (Å²) in [4.78, 5) is 10.5. The van der Waals surface area contributed by atoms with Gasteiger partial charge >= 0.3 is 5.97 Å². The molecule has 13 heavy (non-hydrogen) atoms. The van der Waals surface area contributed by atoms with Crippen molar-refractivity contribution < 1.29 is 9.90 Å². The summed E-state index contributed by atoms with van der Waals surface area (Å²) in [5.74, 6) is -0.989. The van der Waals surface area contributed by atoms with Gasteiger partial charge in [0, 0.05) is 10.9 Å². The van der Waals surface area contributed by atoms with Crippen LogP contribution in [0.15, 0.2) is 28.7 Å². The van der Waals surface area contributed by atoms with E-state index in [0.717, 1.165) is 10.0 Å². The molecule has 0 amide bonds. The lowest BCUT2D eigenvalue weighted by Gasteiger charge is -2.05. The summed E-state index contributed by atoms with van der Waals surface area (Å²) in [6.45, 7) is 0. The first-order valence-electron chi connectivity index (χ1n) is 3.71. The second-order valence-electron chi connectivity index (χ2n) is 2.60. The van der Waals surface area contributed by atoms with Crippen molar-refractivity contribution in [2.24, 2.45) is 0 Å². The lowest BCUT2D eigenvalue weighted by atomic mass is 10.1. The second kappa shape index (κ2) is 4.63. The van der Waals surface area contributed by atoms with Gasteiger partial charge in [-0.3, -0.25) is 4.79 Å². The van der Waals surface area contributed by atoms with Crippen LogP contribution in [0.1, 0.15) is 5.56 Å². The molecule has 0 aliphatic heterocycles. The highest BCUT2D eigenvalue weighted by Gasteiger charge is 2.14. The first-order chi connectivity index (χ1) is 6.11. The Labute approximate surface area is 89.7 Å². The molecule has 1 N–H and O–H groups in total. The number of carboxylic acids is 1.